The van der Waals surface area contributed by atoms with Crippen molar-refractivity contribution in [1.82, 2.24) is 4.57 Å². The lowest BCUT2D eigenvalue weighted by molar-refractivity contribution is -0.145. The molecule has 0 bridgehead atoms. The van der Waals surface area contributed by atoms with E-state index in [4.69, 9.17) is 23.9 Å². The summed E-state index contributed by atoms with van der Waals surface area (Å²) in [6.45, 7) is 9.19. The first-order valence-electron chi connectivity index (χ1n) is 14.5. The van der Waals surface area contributed by atoms with Crippen molar-refractivity contribution in [1.29, 1.82) is 0 Å². The van der Waals surface area contributed by atoms with Crippen molar-refractivity contribution < 1.29 is 28.5 Å². The van der Waals surface area contributed by atoms with Gasteiger partial charge < -0.3 is 18.9 Å². The number of carbonyl (C=O) groups excluding carboxylic acids is 2. The summed E-state index contributed by atoms with van der Waals surface area (Å²) in [5.74, 6) is -0.0492. The Bertz CT molecular complexity index is 1940. The van der Waals surface area contributed by atoms with Crippen LogP contribution in [0.25, 0.3) is 16.8 Å². The summed E-state index contributed by atoms with van der Waals surface area (Å²) in [7, 11) is 0. The van der Waals surface area contributed by atoms with Crippen molar-refractivity contribution in [2.24, 2.45) is 4.99 Å². The third-order valence-electron chi connectivity index (χ3n) is 6.95. The van der Waals surface area contributed by atoms with Crippen molar-refractivity contribution in [2.45, 2.75) is 46.8 Å². The van der Waals surface area contributed by atoms with Crippen LogP contribution in [0.1, 0.15) is 51.8 Å². The molecule has 9 nitrogen and oxygen atoms in total. The quantitative estimate of drug-likeness (QED) is 0.239. The number of para-hydroxylation sites is 1. The highest BCUT2D eigenvalue weighted by atomic mass is 32.1. The number of fused-ring (bicyclic) bond motifs is 2. The van der Waals surface area contributed by atoms with Crippen LogP contribution >= 0.6 is 11.3 Å². The van der Waals surface area contributed by atoms with E-state index in [0.717, 1.165) is 10.8 Å². The summed E-state index contributed by atoms with van der Waals surface area (Å²) < 4.78 is 24.4. The molecule has 0 radical (unpaired) electrons. The van der Waals surface area contributed by atoms with Gasteiger partial charge in [0.15, 0.2) is 11.4 Å². The summed E-state index contributed by atoms with van der Waals surface area (Å²) in [5.41, 5.74) is 1.68. The van der Waals surface area contributed by atoms with Crippen LogP contribution in [0, 0.1) is 0 Å². The zero-order valence-electron chi connectivity index (χ0n) is 25.3. The number of nitrogens with zero attached hydrogens (tertiary/aromatic N) is 2. The van der Waals surface area contributed by atoms with Gasteiger partial charge in [-0.1, -0.05) is 59.9 Å². The normalized spacial score (nSPS) is 14.8. The molecule has 1 aromatic heterocycles. The summed E-state index contributed by atoms with van der Waals surface area (Å²) in [6, 6.07) is 17.9. The number of ether oxygens (including phenoxy) is 4. The average molecular weight is 615 g/mol. The minimum absolute atomic E-state index is 0.137. The largest absolute Gasteiger partial charge is 0.491 e. The van der Waals surface area contributed by atoms with Crippen LogP contribution in [-0.4, -0.2) is 42.4 Å². The van der Waals surface area contributed by atoms with Gasteiger partial charge in [0.25, 0.3) is 5.56 Å². The third kappa shape index (κ3) is 6.16. The van der Waals surface area contributed by atoms with Gasteiger partial charge >= 0.3 is 11.9 Å². The van der Waals surface area contributed by atoms with Crippen LogP contribution in [0.4, 0.5) is 0 Å². The van der Waals surface area contributed by atoms with E-state index in [1.54, 1.807) is 32.9 Å². The molecule has 3 aromatic carbocycles. The van der Waals surface area contributed by atoms with Gasteiger partial charge in [-0.15, -0.1) is 0 Å². The number of benzene rings is 3. The Morgan fingerprint density at radius 3 is 2.45 bits per heavy atom. The number of hydrogen-bond acceptors (Lipinski definition) is 9. The zero-order valence-corrected chi connectivity index (χ0v) is 26.1. The van der Waals surface area contributed by atoms with E-state index in [0.29, 0.717) is 37.7 Å². The number of esters is 2. The predicted octanol–water partition coefficient (Wildman–Crippen LogP) is 4.68. The highest BCUT2D eigenvalue weighted by Gasteiger charge is 2.35. The molecule has 0 aliphatic carbocycles. The van der Waals surface area contributed by atoms with E-state index >= 15 is 0 Å². The van der Waals surface area contributed by atoms with E-state index in [1.807, 2.05) is 68.4 Å². The van der Waals surface area contributed by atoms with Crippen LogP contribution in [-0.2, 0) is 19.1 Å². The van der Waals surface area contributed by atoms with Gasteiger partial charge in [0, 0.05) is 11.1 Å². The molecule has 1 aliphatic heterocycles. The maximum atomic E-state index is 14.3. The second-order valence-electron chi connectivity index (χ2n) is 10.3. The fourth-order valence-electron chi connectivity index (χ4n) is 5.17. The van der Waals surface area contributed by atoms with Crippen LogP contribution in [0.5, 0.6) is 11.5 Å². The Kier molecular flexibility index (Phi) is 9.29. The van der Waals surface area contributed by atoms with E-state index in [9.17, 15) is 14.4 Å². The molecular formula is C34H34N2O7S. The number of carbonyl (C=O) groups is 2. The lowest BCUT2D eigenvalue weighted by Crippen LogP contribution is -2.40. The fraction of sp³-hybridized carbons (Fsp3) is 0.294. The van der Waals surface area contributed by atoms with Gasteiger partial charge in [0.2, 0.25) is 0 Å². The number of aromatic nitrogens is 1. The van der Waals surface area contributed by atoms with Crippen molar-refractivity contribution in [3.8, 4) is 11.5 Å². The maximum Gasteiger partial charge on any atom is 0.344 e. The average Bonchev–Trinajstić information content (AvgIpc) is 3.30. The first-order valence-corrected chi connectivity index (χ1v) is 15.3. The van der Waals surface area contributed by atoms with Crippen LogP contribution in [0.15, 0.2) is 81.7 Å². The molecule has 0 fully saturated rings. The van der Waals surface area contributed by atoms with Gasteiger partial charge in [-0.2, -0.15) is 0 Å². The van der Waals surface area contributed by atoms with E-state index < -0.39 is 18.0 Å². The van der Waals surface area contributed by atoms with E-state index in [1.165, 1.54) is 15.9 Å². The fourth-order valence-corrected chi connectivity index (χ4v) is 6.20. The van der Waals surface area contributed by atoms with Crippen LogP contribution in [0.2, 0.25) is 0 Å². The lowest BCUT2D eigenvalue weighted by Gasteiger charge is -2.26. The van der Waals surface area contributed by atoms with Crippen molar-refractivity contribution in [3.63, 3.8) is 0 Å². The maximum absolute atomic E-state index is 14.3. The number of rotatable bonds is 10. The molecule has 0 saturated heterocycles. The van der Waals surface area contributed by atoms with Gasteiger partial charge in [-0.25, -0.2) is 14.6 Å². The van der Waals surface area contributed by atoms with Gasteiger partial charge in [-0.05, 0) is 63.6 Å². The Morgan fingerprint density at radius 1 is 0.977 bits per heavy atom. The Labute approximate surface area is 258 Å². The van der Waals surface area contributed by atoms with Crippen LogP contribution in [0.3, 0.4) is 0 Å². The van der Waals surface area contributed by atoms with Gasteiger partial charge in [0.05, 0.1) is 35.1 Å². The summed E-state index contributed by atoms with van der Waals surface area (Å²) in [4.78, 5) is 44.9. The van der Waals surface area contributed by atoms with Gasteiger partial charge in [-0.3, -0.25) is 9.36 Å². The number of allylic oxidation sites excluding steroid dienone is 1. The van der Waals surface area contributed by atoms with E-state index in [-0.39, 0.29) is 37.1 Å². The predicted molar refractivity (Wildman–Crippen MR) is 169 cm³/mol. The van der Waals surface area contributed by atoms with Crippen molar-refractivity contribution in [3.05, 3.63) is 103 Å². The molecule has 1 atom stereocenters. The summed E-state index contributed by atoms with van der Waals surface area (Å²) in [5, 5.41) is 1.78. The van der Waals surface area contributed by atoms with Crippen molar-refractivity contribution in [2.75, 3.05) is 19.8 Å². The SMILES string of the molecule is CCOC(=O)COc1ccc2ccccc2c1/C=c1\sc2n(c1=O)[C@@H](c1ccccc1OC(C)C)C(C(=O)OCC)=C(C)N=2. The molecule has 4 aromatic rings. The topological polar surface area (TPSA) is 105 Å². The molecular weight excluding hydrogens is 580 g/mol. The molecule has 0 amide bonds. The Hall–Kier alpha value is -4.70. The zero-order chi connectivity index (χ0) is 31.4. The second-order valence-corrected chi connectivity index (χ2v) is 11.3. The molecule has 0 saturated carbocycles. The van der Waals surface area contributed by atoms with Crippen LogP contribution < -0.4 is 24.4 Å². The highest BCUT2D eigenvalue weighted by Crippen LogP contribution is 2.36. The summed E-state index contributed by atoms with van der Waals surface area (Å²) >= 11 is 1.21. The Balaban J connectivity index is 1.74. The Morgan fingerprint density at radius 2 is 1.70 bits per heavy atom. The molecule has 0 spiro atoms. The molecule has 1 aliphatic rings. The molecule has 228 valence electrons. The first kappa shape index (κ1) is 30.7. The molecule has 5 rings (SSSR count). The monoisotopic (exact) mass is 614 g/mol. The third-order valence-corrected chi connectivity index (χ3v) is 7.93. The molecule has 44 heavy (non-hydrogen) atoms. The van der Waals surface area contributed by atoms with Gasteiger partial charge in [0.1, 0.15) is 17.5 Å². The standard InChI is InChI=1S/C34H34N2O7S/c1-6-40-29(37)19-42-26-17-16-22-12-8-9-13-23(22)25(26)18-28-32(38)36-31(24-14-10-11-15-27(24)43-20(3)4)30(33(39)41-7-2)21(5)35-34(36)44-28/h8-18,20,31H,6-7,19H2,1-5H3/b28-18-/t31-/m0/s1. The molecule has 0 N–H and O–H groups in total. The summed E-state index contributed by atoms with van der Waals surface area (Å²) in [6.07, 6.45) is 1.62. The molecule has 2 heterocycles. The second kappa shape index (κ2) is 13.3. The van der Waals surface area contributed by atoms with E-state index in [2.05, 4.69) is 0 Å². The first-order chi connectivity index (χ1) is 21.2. The highest BCUT2D eigenvalue weighted by molar-refractivity contribution is 7.07. The minimum Gasteiger partial charge on any atom is -0.491 e. The lowest BCUT2D eigenvalue weighted by atomic mass is 9.95. The number of hydrogen-bond donors (Lipinski definition) is 0. The van der Waals surface area contributed by atoms with Crippen molar-refractivity contribution >= 4 is 40.1 Å². The minimum atomic E-state index is -0.825. The number of thiazole rings is 1. The molecule has 0 unspecified atom stereocenters. The molecule has 10 heteroatoms. The smallest absolute Gasteiger partial charge is 0.344 e.